The van der Waals surface area contributed by atoms with Gasteiger partial charge in [-0.25, -0.2) is 4.79 Å². The summed E-state index contributed by atoms with van der Waals surface area (Å²) in [6.07, 6.45) is 1.90. The summed E-state index contributed by atoms with van der Waals surface area (Å²) in [7, 11) is 0. The van der Waals surface area contributed by atoms with E-state index in [4.69, 9.17) is 0 Å². The summed E-state index contributed by atoms with van der Waals surface area (Å²) in [6.45, 7) is 3.63. The van der Waals surface area contributed by atoms with Crippen LogP contribution in [0.1, 0.15) is 52.6 Å². The Morgan fingerprint density at radius 3 is 2.47 bits per heavy atom. The predicted octanol–water partition coefficient (Wildman–Crippen LogP) is 5.53. The Bertz CT molecular complexity index is 1500. The van der Waals surface area contributed by atoms with E-state index in [0.29, 0.717) is 23.2 Å². The highest BCUT2D eigenvalue weighted by Gasteiger charge is 2.40. The minimum Gasteiger partial charge on any atom is -0.480 e. The Hall–Kier alpha value is -4.52. The first-order valence-electron chi connectivity index (χ1n) is 11.8. The molecule has 4 aromatic rings. The lowest BCUT2D eigenvalue weighted by molar-refractivity contribution is -0.143. The number of amides is 2. The fraction of sp³-hybridized carbons (Fsp3) is 0.172. The van der Waals surface area contributed by atoms with Crippen molar-refractivity contribution in [1.29, 1.82) is 0 Å². The van der Waals surface area contributed by atoms with Crippen molar-refractivity contribution in [3.8, 4) is 11.1 Å². The van der Waals surface area contributed by atoms with Crippen LogP contribution in [0.25, 0.3) is 22.0 Å². The van der Waals surface area contributed by atoms with Crippen molar-refractivity contribution in [2.75, 3.05) is 5.32 Å². The molecular weight excluding hydrogens is 454 g/mol. The second-order valence-corrected chi connectivity index (χ2v) is 8.90. The van der Waals surface area contributed by atoms with Gasteiger partial charge >= 0.3 is 5.97 Å². The molecule has 180 valence electrons. The van der Waals surface area contributed by atoms with E-state index in [1.165, 1.54) is 4.90 Å². The molecule has 0 radical (unpaired) electrons. The number of hydrogen-bond donors (Lipinski definition) is 2. The lowest BCUT2D eigenvalue weighted by Gasteiger charge is -2.28. The first-order chi connectivity index (χ1) is 17.4. The molecule has 3 aromatic carbocycles. The van der Waals surface area contributed by atoms with Gasteiger partial charge < -0.3 is 15.3 Å². The molecule has 2 atom stereocenters. The van der Waals surface area contributed by atoms with Gasteiger partial charge in [0.25, 0.3) is 11.8 Å². The highest BCUT2D eigenvalue weighted by atomic mass is 16.4. The van der Waals surface area contributed by atoms with Gasteiger partial charge in [0.2, 0.25) is 0 Å². The molecule has 0 saturated heterocycles. The molecule has 1 aliphatic heterocycles. The number of carbonyl (C=O) groups is 3. The normalized spacial score (nSPS) is 15.6. The van der Waals surface area contributed by atoms with Crippen LogP contribution in [0, 0.1) is 0 Å². The van der Waals surface area contributed by atoms with E-state index in [2.05, 4.69) is 10.3 Å². The number of rotatable bonds is 6. The van der Waals surface area contributed by atoms with Crippen LogP contribution >= 0.6 is 0 Å². The summed E-state index contributed by atoms with van der Waals surface area (Å²) >= 11 is 0. The third-order valence-corrected chi connectivity index (χ3v) is 6.72. The zero-order valence-corrected chi connectivity index (χ0v) is 19.9. The number of pyridine rings is 1. The maximum atomic E-state index is 13.1. The average Bonchev–Trinajstić information content (AvgIpc) is 3.14. The van der Waals surface area contributed by atoms with E-state index in [-0.39, 0.29) is 17.9 Å². The summed E-state index contributed by atoms with van der Waals surface area (Å²) in [4.78, 5) is 43.3. The summed E-state index contributed by atoms with van der Waals surface area (Å²) in [6, 6.07) is 21.3. The highest BCUT2D eigenvalue weighted by Crippen LogP contribution is 2.38. The number of fused-ring (bicyclic) bond motifs is 2. The summed E-state index contributed by atoms with van der Waals surface area (Å²) in [5.41, 5.74) is 5.03. The Kier molecular flexibility index (Phi) is 5.98. The monoisotopic (exact) mass is 479 g/mol. The third-order valence-electron chi connectivity index (χ3n) is 6.72. The number of para-hydroxylation sites is 1. The molecule has 36 heavy (non-hydrogen) atoms. The fourth-order valence-electron chi connectivity index (χ4n) is 4.80. The molecule has 7 heteroatoms. The molecule has 0 saturated carbocycles. The summed E-state index contributed by atoms with van der Waals surface area (Å²) in [5, 5.41) is 13.4. The van der Waals surface area contributed by atoms with Crippen molar-refractivity contribution in [3.05, 3.63) is 95.7 Å². The van der Waals surface area contributed by atoms with E-state index in [1.807, 2.05) is 79.7 Å². The number of benzene rings is 3. The third kappa shape index (κ3) is 4.09. The zero-order valence-electron chi connectivity index (χ0n) is 19.9. The second-order valence-electron chi connectivity index (χ2n) is 8.90. The molecule has 1 aromatic heterocycles. The van der Waals surface area contributed by atoms with Crippen LogP contribution in [-0.2, 0) is 4.79 Å². The highest BCUT2D eigenvalue weighted by molar-refractivity contribution is 6.06. The number of nitrogens with zero attached hydrogens (tertiary/aromatic N) is 2. The molecule has 1 aliphatic rings. The largest absolute Gasteiger partial charge is 0.480 e. The van der Waals surface area contributed by atoms with Crippen LogP contribution in [0.4, 0.5) is 5.69 Å². The van der Waals surface area contributed by atoms with Gasteiger partial charge in [-0.1, -0.05) is 49.4 Å². The number of aromatic nitrogens is 1. The van der Waals surface area contributed by atoms with Gasteiger partial charge in [-0.2, -0.15) is 0 Å². The number of anilines is 1. The molecule has 0 bridgehead atoms. The van der Waals surface area contributed by atoms with Crippen molar-refractivity contribution in [2.24, 2.45) is 0 Å². The predicted molar refractivity (Wildman–Crippen MR) is 138 cm³/mol. The Morgan fingerprint density at radius 1 is 1.03 bits per heavy atom. The molecule has 1 unspecified atom stereocenters. The van der Waals surface area contributed by atoms with Gasteiger partial charge in [0.05, 0.1) is 17.1 Å². The number of carbonyl (C=O) groups excluding carboxylic acids is 2. The topological polar surface area (TPSA) is 99.6 Å². The quantitative estimate of drug-likeness (QED) is 0.379. The van der Waals surface area contributed by atoms with Crippen LogP contribution in [0.5, 0.6) is 0 Å². The van der Waals surface area contributed by atoms with E-state index < -0.39 is 12.0 Å². The lowest BCUT2D eigenvalue weighted by Crippen LogP contribution is -2.42. The molecule has 0 aliphatic carbocycles. The summed E-state index contributed by atoms with van der Waals surface area (Å²) < 4.78 is 0. The molecule has 2 N–H and O–H groups in total. The fourth-order valence-corrected chi connectivity index (χ4v) is 4.80. The van der Waals surface area contributed by atoms with Crippen molar-refractivity contribution in [1.82, 2.24) is 9.88 Å². The number of carboxylic acids is 1. The Morgan fingerprint density at radius 2 is 1.75 bits per heavy atom. The van der Waals surface area contributed by atoms with E-state index in [9.17, 15) is 19.5 Å². The number of nitrogens with one attached hydrogen (secondary N) is 1. The van der Waals surface area contributed by atoms with E-state index in [1.54, 1.807) is 13.1 Å². The Labute approximate surface area is 208 Å². The van der Waals surface area contributed by atoms with Crippen molar-refractivity contribution >= 4 is 34.4 Å². The van der Waals surface area contributed by atoms with Crippen LogP contribution in [0.15, 0.2) is 79.0 Å². The molecule has 5 rings (SSSR count). The molecule has 2 heterocycles. The van der Waals surface area contributed by atoms with Crippen LogP contribution < -0.4 is 5.32 Å². The molecular formula is C29H25N3O4. The first kappa shape index (κ1) is 23.2. The minimum absolute atomic E-state index is 0.248. The molecule has 7 nitrogen and oxygen atoms in total. The number of hydrogen-bond acceptors (Lipinski definition) is 4. The van der Waals surface area contributed by atoms with E-state index >= 15 is 0 Å². The van der Waals surface area contributed by atoms with Gasteiger partial charge in [0, 0.05) is 22.8 Å². The molecule has 0 spiro atoms. The number of carboxylic acid groups (broad SMARTS) is 1. The zero-order chi connectivity index (χ0) is 25.4. The SMILES string of the molecule is CCC(C(=O)O)N1C(=O)c2cc(-c3ccc(NC(=O)c4cnc5ccccc5c4)cc3)ccc2[C@@H]1C. The van der Waals surface area contributed by atoms with Gasteiger partial charge in [0.1, 0.15) is 6.04 Å². The van der Waals surface area contributed by atoms with E-state index in [0.717, 1.165) is 27.6 Å². The van der Waals surface area contributed by atoms with Crippen LogP contribution in [0.3, 0.4) is 0 Å². The maximum Gasteiger partial charge on any atom is 0.326 e. The van der Waals surface area contributed by atoms with Crippen LogP contribution in [-0.4, -0.2) is 38.8 Å². The van der Waals surface area contributed by atoms with Crippen LogP contribution in [0.2, 0.25) is 0 Å². The second kappa shape index (κ2) is 9.26. The van der Waals surface area contributed by atoms with Crippen molar-refractivity contribution in [3.63, 3.8) is 0 Å². The standard InChI is InChI=1S/C29H25N3O4/c1-3-26(29(35)36)32-17(2)23-13-10-19(15-24(23)28(32)34)18-8-11-22(12-9-18)31-27(33)21-14-20-6-4-5-7-25(20)30-16-21/h4-17,26H,3H2,1-2H3,(H,31,33)(H,35,36)/t17-,26?/m0/s1. The number of aliphatic carboxylic acids is 1. The van der Waals surface area contributed by atoms with Gasteiger partial charge in [-0.05, 0) is 60.4 Å². The van der Waals surface area contributed by atoms with Gasteiger partial charge in [-0.15, -0.1) is 0 Å². The minimum atomic E-state index is -0.997. The average molecular weight is 480 g/mol. The molecule has 0 fully saturated rings. The first-order valence-corrected chi connectivity index (χ1v) is 11.8. The molecule has 2 amide bonds. The van der Waals surface area contributed by atoms with Crippen molar-refractivity contribution < 1.29 is 19.5 Å². The van der Waals surface area contributed by atoms with Gasteiger partial charge in [0.15, 0.2) is 0 Å². The smallest absolute Gasteiger partial charge is 0.326 e. The Balaban J connectivity index is 1.34. The van der Waals surface area contributed by atoms with Gasteiger partial charge in [-0.3, -0.25) is 14.6 Å². The maximum absolute atomic E-state index is 13.1. The lowest BCUT2D eigenvalue weighted by atomic mass is 9.98. The summed E-state index contributed by atoms with van der Waals surface area (Å²) in [5.74, 6) is -1.51. The van der Waals surface area contributed by atoms with Crippen molar-refractivity contribution in [2.45, 2.75) is 32.4 Å².